The molecule has 1 N–H and O–H groups in total. The number of methoxy groups -OCH3 is 4. The van der Waals surface area contributed by atoms with Crippen LogP contribution in [0.1, 0.15) is 126 Å². The van der Waals surface area contributed by atoms with E-state index in [1.807, 2.05) is 65.0 Å². The molecule has 0 aromatic rings. The number of hydrogen-bond donors (Lipinski definition) is 1. The molecule has 0 aromatic heterocycles. The lowest BCUT2D eigenvalue weighted by Gasteiger charge is -2.43. The molecule has 5 aliphatic rings. The predicted octanol–water partition coefficient (Wildman–Crippen LogP) is 7.31. The fourth-order valence-electron chi connectivity index (χ4n) is 11.7. The molecule has 18 nitrogen and oxygen atoms in total. The van der Waals surface area contributed by atoms with E-state index in [1.54, 1.807) is 34.1 Å². The van der Waals surface area contributed by atoms with Crippen molar-refractivity contribution in [3.8, 4) is 0 Å². The summed E-state index contributed by atoms with van der Waals surface area (Å²) in [5.41, 5.74) is 1.50. The first kappa shape index (κ1) is 66.3. The first-order valence-corrected chi connectivity index (χ1v) is 29.1. The lowest BCUT2D eigenvalue weighted by atomic mass is 9.78. The van der Waals surface area contributed by atoms with Gasteiger partial charge in [-0.05, 0) is 107 Å². The van der Waals surface area contributed by atoms with Gasteiger partial charge in [0, 0.05) is 65.6 Å². The number of ketones is 3. The van der Waals surface area contributed by atoms with Gasteiger partial charge < -0.3 is 62.1 Å². The number of Topliss-reactive ketones (excluding diaryl/α,β-unsaturated/α-hetero) is 3. The fourth-order valence-corrected chi connectivity index (χ4v) is 11.7. The lowest BCUT2D eigenvalue weighted by Crippen LogP contribution is -2.61. The van der Waals surface area contributed by atoms with Crippen molar-refractivity contribution in [2.75, 3.05) is 87.8 Å². The molecule has 18 heteroatoms. The minimum atomic E-state index is -2.47. The van der Waals surface area contributed by atoms with E-state index in [1.165, 1.54) is 19.1 Å². The summed E-state index contributed by atoms with van der Waals surface area (Å²) in [4.78, 5) is 73.6. The third-order valence-electron chi connectivity index (χ3n) is 16.7. The van der Waals surface area contributed by atoms with Crippen LogP contribution in [0.3, 0.4) is 0 Å². The predicted molar refractivity (Wildman–Crippen MR) is 296 cm³/mol. The average Bonchev–Trinajstić information content (AvgIpc) is 3.49. The van der Waals surface area contributed by atoms with E-state index in [2.05, 4.69) is 0 Å². The Kier molecular flexibility index (Phi) is 28.1. The van der Waals surface area contributed by atoms with Gasteiger partial charge in [0.05, 0.1) is 77.3 Å². The standard InChI is InChI=1S/C61H97NO17/c1-39-17-13-12-14-18-40(2)52(77-30-27-73-26-29-75-48-37-74-38-48)35-47-22-20-45(7)61(68,79-47)58(65)59(66)62-24-16-15-19-49(62)60(67)78-53(42(4)33-46-21-23-51(54(34-46)70-9)76-28-25-69-8)36-50(63)41(3)32-44(6)56(71-10)57(72-11)55(64)43(5)31-39/h12-14,17-18,32,39,41-43,45-49,51-54,56-57,68H,15-16,19-31,33-38H2,1-11H3/b14-12+,17-13+,40-18+,44-32+/t39-,41-,42-,43-,45-,46+,47+,49+,51-,52?,53+,54-,56-,57+,61-/m1/s1. The van der Waals surface area contributed by atoms with Crippen molar-refractivity contribution >= 4 is 29.2 Å². The number of esters is 1. The molecule has 4 aliphatic heterocycles. The minimum absolute atomic E-state index is 0.0296. The van der Waals surface area contributed by atoms with E-state index >= 15 is 0 Å². The van der Waals surface area contributed by atoms with Gasteiger partial charge in [0.25, 0.3) is 11.7 Å². The summed E-state index contributed by atoms with van der Waals surface area (Å²) in [7, 11) is 6.31. The highest BCUT2D eigenvalue weighted by Gasteiger charge is 2.53. The van der Waals surface area contributed by atoms with E-state index in [4.69, 9.17) is 52.1 Å². The van der Waals surface area contributed by atoms with Crippen molar-refractivity contribution in [1.82, 2.24) is 4.90 Å². The zero-order valence-corrected chi connectivity index (χ0v) is 49.4. The molecule has 1 aliphatic carbocycles. The summed E-state index contributed by atoms with van der Waals surface area (Å²) in [6, 6.07) is -1.15. The number of ether oxygens (including phenoxy) is 11. The van der Waals surface area contributed by atoms with E-state index in [0.717, 1.165) is 18.4 Å². The van der Waals surface area contributed by atoms with Gasteiger partial charge >= 0.3 is 5.97 Å². The van der Waals surface area contributed by atoms with Crippen molar-refractivity contribution in [3.63, 3.8) is 0 Å². The molecule has 79 heavy (non-hydrogen) atoms. The number of carbonyl (C=O) groups is 5. The molecule has 1 saturated carbocycles. The molecule has 4 fully saturated rings. The number of hydrogen-bond acceptors (Lipinski definition) is 17. The van der Waals surface area contributed by atoms with Gasteiger partial charge in [0.1, 0.15) is 36.2 Å². The Morgan fingerprint density at radius 3 is 2.15 bits per heavy atom. The molecular formula is C61H97NO17. The zero-order chi connectivity index (χ0) is 57.6. The first-order valence-electron chi connectivity index (χ1n) is 29.1. The van der Waals surface area contributed by atoms with Crippen molar-refractivity contribution in [3.05, 3.63) is 47.6 Å². The zero-order valence-electron chi connectivity index (χ0n) is 49.4. The number of amides is 1. The number of rotatable bonds is 18. The van der Waals surface area contributed by atoms with Crippen molar-refractivity contribution in [2.45, 2.75) is 186 Å². The fraction of sp³-hybridized carbons (Fsp3) is 0.787. The Balaban J connectivity index is 1.44. The summed E-state index contributed by atoms with van der Waals surface area (Å²) in [6.45, 7) is 16.7. The Morgan fingerprint density at radius 1 is 0.747 bits per heavy atom. The van der Waals surface area contributed by atoms with Crippen LogP contribution in [0.15, 0.2) is 47.6 Å². The molecule has 4 heterocycles. The Bertz CT molecular complexity index is 2050. The van der Waals surface area contributed by atoms with Crippen molar-refractivity contribution in [1.29, 1.82) is 0 Å². The second-order valence-corrected chi connectivity index (χ2v) is 22.9. The minimum Gasteiger partial charge on any atom is -0.460 e. The van der Waals surface area contributed by atoms with Gasteiger partial charge in [-0.25, -0.2) is 4.79 Å². The molecule has 15 atom stereocenters. The molecule has 2 bridgehead atoms. The topological polar surface area (TPSA) is 210 Å². The molecule has 1 amide bonds. The lowest BCUT2D eigenvalue weighted by molar-refractivity contribution is -0.266. The molecule has 448 valence electrons. The molecule has 1 unspecified atom stereocenters. The van der Waals surface area contributed by atoms with Crippen LogP contribution in [-0.4, -0.2) is 188 Å². The van der Waals surface area contributed by atoms with Gasteiger partial charge in [-0.3, -0.25) is 19.2 Å². The van der Waals surface area contributed by atoms with Crippen LogP contribution >= 0.6 is 0 Å². The summed E-state index contributed by atoms with van der Waals surface area (Å²) in [6.07, 6.45) is 13.4. The quantitative estimate of drug-likeness (QED) is 0.0617. The van der Waals surface area contributed by atoms with Gasteiger partial charge in [0.2, 0.25) is 5.79 Å². The van der Waals surface area contributed by atoms with E-state index in [9.17, 15) is 29.1 Å². The molecule has 3 saturated heterocycles. The van der Waals surface area contributed by atoms with Gasteiger partial charge in [-0.1, -0.05) is 71.1 Å². The van der Waals surface area contributed by atoms with E-state index < -0.39 is 71.8 Å². The van der Waals surface area contributed by atoms with Crippen LogP contribution < -0.4 is 0 Å². The smallest absolute Gasteiger partial charge is 0.329 e. The Morgan fingerprint density at radius 2 is 1.47 bits per heavy atom. The van der Waals surface area contributed by atoms with Gasteiger partial charge in [-0.2, -0.15) is 0 Å². The molecular weight excluding hydrogens is 1020 g/mol. The maximum Gasteiger partial charge on any atom is 0.329 e. The third kappa shape index (κ3) is 19.5. The number of aliphatic hydroxyl groups is 1. The highest BCUT2D eigenvalue weighted by molar-refractivity contribution is 6.39. The van der Waals surface area contributed by atoms with Crippen LogP contribution in [0.25, 0.3) is 0 Å². The molecule has 0 aromatic carbocycles. The summed E-state index contributed by atoms with van der Waals surface area (Å²) < 4.78 is 64.9. The average molecular weight is 1120 g/mol. The molecule has 5 rings (SSSR count). The number of cyclic esters (lactones) is 1. The highest BCUT2D eigenvalue weighted by atomic mass is 16.6. The van der Waals surface area contributed by atoms with Gasteiger partial charge in [-0.15, -0.1) is 0 Å². The highest BCUT2D eigenvalue weighted by Crippen LogP contribution is 2.38. The SMILES string of the molecule is COCCO[C@@H]1CC[C@@H](C[C@@H](C)[C@@H]2CC(=O)[C@H](C)/C=C(\C)[C@@H](OC)[C@@H](OC)C(=O)[C@H](C)C[C@H](C)/C=C/C=C/C=C(\C)C(OCCOCCOC3COC3)C[C@@H]3CC[C@@H](C)[C@@](O)(O3)C(=O)C(=O)N3CCCC[C@H]3C(=O)O2)C[C@H]1OC. The summed E-state index contributed by atoms with van der Waals surface area (Å²) in [5, 5.41) is 12.3. The first-order chi connectivity index (χ1) is 37.8. The largest absolute Gasteiger partial charge is 0.460 e. The van der Waals surface area contributed by atoms with Crippen LogP contribution in [0.4, 0.5) is 0 Å². The maximum atomic E-state index is 14.7. The van der Waals surface area contributed by atoms with Crippen LogP contribution in [0.2, 0.25) is 0 Å². The van der Waals surface area contributed by atoms with Crippen LogP contribution in [-0.2, 0) is 76.1 Å². The normalized spacial score (nSPS) is 36.5. The number of fused-ring (bicyclic) bond motifs is 3. The number of carbonyl (C=O) groups excluding carboxylic acids is 5. The Labute approximate surface area is 470 Å². The Hall–Kier alpha value is -3.53. The van der Waals surface area contributed by atoms with E-state index in [-0.39, 0.29) is 86.0 Å². The summed E-state index contributed by atoms with van der Waals surface area (Å²) in [5.74, 6) is -7.59. The number of allylic oxidation sites excluding steroid dienone is 6. The maximum absolute atomic E-state index is 14.7. The van der Waals surface area contributed by atoms with Crippen molar-refractivity contribution < 1.29 is 81.2 Å². The van der Waals surface area contributed by atoms with Crippen LogP contribution in [0.5, 0.6) is 0 Å². The second-order valence-electron chi connectivity index (χ2n) is 22.9. The van der Waals surface area contributed by atoms with Crippen molar-refractivity contribution in [2.24, 2.45) is 35.5 Å². The van der Waals surface area contributed by atoms with Gasteiger partial charge in [0.15, 0.2) is 5.78 Å². The monoisotopic (exact) mass is 1120 g/mol. The second kappa shape index (κ2) is 33.5. The van der Waals surface area contributed by atoms with Crippen LogP contribution in [0, 0.1) is 35.5 Å². The molecule has 0 spiro atoms. The molecule has 0 radical (unpaired) electrons. The third-order valence-corrected chi connectivity index (χ3v) is 16.7. The van der Waals surface area contributed by atoms with E-state index in [0.29, 0.717) is 96.8 Å². The number of piperidine rings is 1. The number of nitrogens with zero attached hydrogens (tertiary/aromatic N) is 1. The summed E-state index contributed by atoms with van der Waals surface area (Å²) >= 11 is 0.